The molecule has 6 nitrogen and oxygen atoms in total. The first-order valence-corrected chi connectivity index (χ1v) is 10.6. The maximum Gasteiger partial charge on any atom is 0.247 e. The summed E-state index contributed by atoms with van der Waals surface area (Å²) in [6.45, 7) is 7.44. The number of aryl methyl sites for hydroxylation is 2. The maximum atomic E-state index is 12.7. The van der Waals surface area contributed by atoms with Crippen LogP contribution in [0.15, 0.2) is 46.9 Å². The summed E-state index contributed by atoms with van der Waals surface area (Å²) in [5.41, 5.74) is 4.68. The number of hydrogen-bond donors (Lipinski definition) is 0. The van der Waals surface area contributed by atoms with Crippen molar-refractivity contribution in [3.63, 3.8) is 0 Å². The molecule has 156 valence electrons. The normalized spacial score (nSPS) is 14.2. The van der Waals surface area contributed by atoms with E-state index in [4.69, 9.17) is 16.0 Å². The van der Waals surface area contributed by atoms with Crippen molar-refractivity contribution in [2.24, 2.45) is 0 Å². The molecule has 1 fully saturated rings. The molecule has 0 radical (unpaired) electrons. The number of carbonyl (C=O) groups is 1. The van der Waals surface area contributed by atoms with Crippen molar-refractivity contribution in [1.29, 1.82) is 0 Å². The molecular weight excluding hydrogens is 400 g/mol. The molecule has 0 N–H and O–H groups in total. The molecule has 0 bridgehead atoms. The van der Waals surface area contributed by atoms with Crippen molar-refractivity contribution < 1.29 is 9.21 Å². The Kier molecular flexibility index (Phi) is 6.04. The van der Waals surface area contributed by atoms with Gasteiger partial charge >= 0.3 is 0 Å². The summed E-state index contributed by atoms with van der Waals surface area (Å²) in [6, 6.07) is 13.6. The van der Waals surface area contributed by atoms with Gasteiger partial charge in [-0.05, 0) is 55.3 Å². The molecule has 4 rings (SSSR count). The zero-order valence-electron chi connectivity index (χ0n) is 17.3. The highest BCUT2D eigenvalue weighted by Crippen LogP contribution is 2.24. The van der Waals surface area contributed by atoms with Crippen molar-refractivity contribution in [3.8, 4) is 11.5 Å². The van der Waals surface area contributed by atoms with Crippen LogP contribution in [0.2, 0.25) is 5.02 Å². The number of nitrogens with zero attached hydrogens (tertiary/aromatic N) is 4. The van der Waals surface area contributed by atoms with Crippen molar-refractivity contribution in [2.45, 2.75) is 26.7 Å². The molecule has 0 atom stereocenters. The van der Waals surface area contributed by atoms with Gasteiger partial charge in [0.05, 0.1) is 0 Å². The van der Waals surface area contributed by atoms with E-state index in [-0.39, 0.29) is 5.91 Å². The third-order valence-corrected chi connectivity index (χ3v) is 5.91. The Morgan fingerprint density at radius 2 is 1.77 bits per heavy atom. The molecule has 1 saturated heterocycles. The highest BCUT2D eigenvalue weighted by molar-refractivity contribution is 6.30. The predicted molar refractivity (Wildman–Crippen MR) is 118 cm³/mol. The van der Waals surface area contributed by atoms with E-state index in [2.05, 4.69) is 47.1 Å². The average Bonchev–Trinajstić information content (AvgIpc) is 3.24. The van der Waals surface area contributed by atoms with Crippen LogP contribution in [0.5, 0.6) is 0 Å². The summed E-state index contributed by atoms with van der Waals surface area (Å²) in [6.07, 6.45) is 0.808. The predicted octanol–water partition coefficient (Wildman–Crippen LogP) is 4.29. The Hall–Kier alpha value is -2.86. The minimum Gasteiger partial charge on any atom is -0.421 e. The van der Waals surface area contributed by atoms with Crippen molar-refractivity contribution in [1.82, 2.24) is 15.1 Å². The van der Waals surface area contributed by atoms with Gasteiger partial charge in [-0.3, -0.25) is 4.79 Å². The Morgan fingerprint density at radius 3 is 2.50 bits per heavy atom. The van der Waals surface area contributed by atoms with Crippen molar-refractivity contribution >= 4 is 23.2 Å². The highest BCUT2D eigenvalue weighted by atomic mass is 35.5. The number of benzene rings is 2. The first-order valence-electron chi connectivity index (χ1n) is 10.2. The largest absolute Gasteiger partial charge is 0.421 e. The van der Waals surface area contributed by atoms with E-state index in [0.717, 1.165) is 31.7 Å². The molecule has 30 heavy (non-hydrogen) atoms. The van der Waals surface area contributed by atoms with Gasteiger partial charge in [-0.2, -0.15) is 0 Å². The summed E-state index contributed by atoms with van der Waals surface area (Å²) >= 11 is 5.91. The summed E-state index contributed by atoms with van der Waals surface area (Å²) in [4.78, 5) is 16.9. The fourth-order valence-corrected chi connectivity index (χ4v) is 3.84. The molecular formula is C23H25ClN4O2. The first-order chi connectivity index (χ1) is 14.5. The van der Waals surface area contributed by atoms with E-state index in [1.807, 2.05) is 17.0 Å². The van der Waals surface area contributed by atoms with Crippen LogP contribution in [0.4, 0.5) is 5.69 Å². The molecule has 0 saturated carbocycles. The molecule has 2 aromatic carbocycles. The summed E-state index contributed by atoms with van der Waals surface area (Å²) in [5, 5.41) is 8.80. The number of rotatable bonds is 5. The summed E-state index contributed by atoms with van der Waals surface area (Å²) < 4.78 is 5.70. The van der Waals surface area contributed by atoms with Gasteiger partial charge in [-0.1, -0.05) is 23.7 Å². The quantitative estimate of drug-likeness (QED) is 0.611. The molecule has 1 aliphatic rings. The van der Waals surface area contributed by atoms with E-state index in [9.17, 15) is 4.79 Å². The lowest BCUT2D eigenvalue weighted by molar-refractivity contribution is -0.131. The van der Waals surface area contributed by atoms with Crippen molar-refractivity contribution in [2.75, 3.05) is 31.1 Å². The van der Waals surface area contributed by atoms with E-state index in [0.29, 0.717) is 29.6 Å². The lowest BCUT2D eigenvalue weighted by Crippen LogP contribution is -2.49. The van der Waals surface area contributed by atoms with E-state index in [1.54, 1.807) is 12.1 Å². The maximum absolute atomic E-state index is 12.7. The second-order valence-electron chi connectivity index (χ2n) is 7.59. The van der Waals surface area contributed by atoms with Gasteiger partial charge in [0.2, 0.25) is 17.7 Å². The lowest BCUT2D eigenvalue weighted by atomic mass is 10.1. The standard InChI is InChI=1S/C23H25ClN4O2/c1-16-4-3-5-20(17(16)2)27-12-14-28(15-13-27)22(29)11-10-21-25-26-23(30-21)18-6-8-19(24)9-7-18/h3-9H,10-15H2,1-2H3. The third kappa shape index (κ3) is 4.49. The Balaban J connectivity index is 1.29. The van der Waals surface area contributed by atoms with Crippen LogP contribution < -0.4 is 4.90 Å². The fraction of sp³-hybridized carbons (Fsp3) is 0.348. The van der Waals surface area contributed by atoms with Gasteiger partial charge in [0, 0.05) is 55.3 Å². The molecule has 0 unspecified atom stereocenters. The van der Waals surface area contributed by atoms with Gasteiger partial charge in [0.25, 0.3) is 0 Å². The summed E-state index contributed by atoms with van der Waals surface area (Å²) in [5.74, 6) is 1.04. The minimum atomic E-state index is 0.127. The smallest absolute Gasteiger partial charge is 0.247 e. The number of carbonyl (C=O) groups excluding carboxylic acids is 1. The monoisotopic (exact) mass is 424 g/mol. The van der Waals surface area contributed by atoms with Crippen LogP contribution in [0.3, 0.4) is 0 Å². The molecule has 1 aromatic heterocycles. The van der Waals surface area contributed by atoms with Crippen LogP contribution in [-0.2, 0) is 11.2 Å². The van der Waals surface area contributed by atoms with Crippen LogP contribution in [0.25, 0.3) is 11.5 Å². The number of halogens is 1. The first kappa shape index (κ1) is 20.4. The second kappa shape index (κ2) is 8.88. The third-order valence-electron chi connectivity index (χ3n) is 5.66. The number of anilines is 1. The summed E-state index contributed by atoms with van der Waals surface area (Å²) in [7, 11) is 0. The fourth-order valence-electron chi connectivity index (χ4n) is 3.71. The Morgan fingerprint density at radius 1 is 1.03 bits per heavy atom. The number of piperazine rings is 1. The Labute approximate surface area is 181 Å². The zero-order chi connectivity index (χ0) is 21.1. The zero-order valence-corrected chi connectivity index (χ0v) is 18.0. The van der Waals surface area contributed by atoms with Gasteiger partial charge in [-0.15, -0.1) is 10.2 Å². The molecule has 1 amide bonds. The van der Waals surface area contributed by atoms with E-state index < -0.39 is 0 Å². The van der Waals surface area contributed by atoms with Gasteiger partial charge < -0.3 is 14.2 Å². The topological polar surface area (TPSA) is 62.5 Å². The van der Waals surface area contributed by atoms with Crippen molar-refractivity contribution in [3.05, 3.63) is 64.5 Å². The SMILES string of the molecule is Cc1cccc(N2CCN(C(=O)CCc3nnc(-c4ccc(Cl)cc4)o3)CC2)c1C. The highest BCUT2D eigenvalue weighted by Gasteiger charge is 2.22. The van der Waals surface area contributed by atoms with E-state index in [1.165, 1.54) is 16.8 Å². The molecule has 0 spiro atoms. The second-order valence-corrected chi connectivity index (χ2v) is 8.03. The molecule has 0 aliphatic carbocycles. The molecule has 1 aliphatic heterocycles. The lowest BCUT2D eigenvalue weighted by Gasteiger charge is -2.37. The van der Waals surface area contributed by atoms with E-state index >= 15 is 0 Å². The Bertz CT molecular complexity index is 1020. The molecule has 2 heterocycles. The van der Waals surface area contributed by atoms with Crippen LogP contribution in [0.1, 0.15) is 23.4 Å². The number of aromatic nitrogens is 2. The molecule has 7 heteroatoms. The van der Waals surface area contributed by atoms with Gasteiger partial charge in [-0.25, -0.2) is 0 Å². The average molecular weight is 425 g/mol. The van der Waals surface area contributed by atoms with Gasteiger partial charge in [0.15, 0.2) is 0 Å². The number of amides is 1. The number of hydrogen-bond acceptors (Lipinski definition) is 5. The van der Waals surface area contributed by atoms with Crippen LogP contribution >= 0.6 is 11.6 Å². The molecule has 3 aromatic rings. The van der Waals surface area contributed by atoms with Crippen LogP contribution in [-0.4, -0.2) is 47.2 Å². The van der Waals surface area contributed by atoms with Crippen LogP contribution in [0, 0.1) is 13.8 Å². The minimum absolute atomic E-state index is 0.127. The van der Waals surface area contributed by atoms with Gasteiger partial charge in [0.1, 0.15) is 0 Å².